The molecule has 4 aromatic rings. The monoisotopic (exact) mass is 569 g/mol. The van der Waals surface area contributed by atoms with Gasteiger partial charge < -0.3 is 13.7 Å². The van der Waals surface area contributed by atoms with Crippen molar-refractivity contribution in [2.75, 3.05) is 6.61 Å². The molecule has 8 rings (SSSR count). The second kappa shape index (κ2) is 10.6. The maximum Gasteiger partial charge on any atom is 0.248 e. The highest BCUT2D eigenvalue weighted by Crippen LogP contribution is 2.47. The summed E-state index contributed by atoms with van der Waals surface area (Å²) in [6.45, 7) is 7.65. The van der Waals surface area contributed by atoms with Crippen molar-refractivity contribution < 1.29 is 9.15 Å². The molecule has 6 unspecified atom stereocenters. The predicted octanol–water partition coefficient (Wildman–Crippen LogP) is 8.83. The molecule has 2 bridgehead atoms. The Morgan fingerprint density at radius 1 is 0.884 bits per heavy atom. The number of aromatic nitrogens is 3. The van der Waals surface area contributed by atoms with Crippen molar-refractivity contribution in [3.8, 4) is 34.3 Å². The first-order valence-electron chi connectivity index (χ1n) is 16.0. The molecule has 0 N–H and O–H groups in total. The van der Waals surface area contributed by atoms with E-state index in [4.69, 9.17) is 9.15 Å². The van der Waals surface area contributed by atoms with E-state index in [0.717, 1.165) is 54.1 Å². The molecule has 2 aromatic heterocycles. The van der Waals surface area contributed by atoms with E-state index < -0.39 is 0 Å². The van der Waals surface area contributed by atoms with Crippen molar-refractivity contribution in [2.24, 2.45) is 35.5 Å². The summed E-state index contributed by atoms with van der Waals surface area (Å²) in [5.74, 6) is 5.76. The van der Waals surface area contributed by atoms with Crippen molar-refractivity contribution in [1.29, 1.82) is 0 Å². The SMILES string of the molecule is CC1C=Cc2c(c3c(n2-c2ccc(-c4nnc(-c5cccc(OCC(C)C6CC7C=CC6C7)c5)o4)cc2)CC(C)C=C3)C1. The van der Waals surface area contributed by atoms with Gasteiger partial charge in [0, 0.05) is 28.2 Å². The molecule has 0 spiro atoms. The maximum absolute atomic E-state index is 6.26. The van der Waals surface area contributed by atoms with Gasteiger partial charge in [-0.15, -0.1) is 10.2 Å². The molecular weight excluding hydrogens is 530 g/mol. The Hall–Kier alpha value is -4.12. The number of nitrogens with zero attached hydrogens (tertiary/aromatic N) is 3. The highest BCUT2D eigenvalue weighted by atomic mass is 16.5. The first-order chi connectivity index (χ1) is 21.0. The van der Waals surface area contributed by atoms with Crippen LogP contribution in [0.1, 0.15) is 56.1 Å². The molecule has 0 aliphatic heterocycles. The standard InChI is InChI=1S/C38H39N3O2/c1-23-8-16-35-34(17-23)32-15-7-24(2)18-36(32)41(35)30-13-11-27(12-14-30)37-39-40-38(43-37)29-5-4-6-31(21-29)42-22-25(3)33-20-26-9-10-28(33)19-26/h4-16,21,23-26,28,33H,17-20,22H2,1-3H3. The molecule has 5 heteroatoms. The van der Waals surface area contributed by atoms with Crippen LogP contribution in [0.25, 0.3) is 40.7 Å². The normalized spacial score (nSPS) is 25.6. The van der Waals surface area contributed by atoms with Crippen LogP contribution in [0, 0.1) is 35.5 Å². The van der Waals surface area contributed by atoms with Gasteiger partial charge in [-0.3, -0.25) is 0 Å². The minimum atomic E-state index is 0.504. The Kier molecular flexibility index (Phi) is 6.50. The number of hydrogen-bond donors (Lipinski definition) is 0. The Bertz CT molecular complexity index is 1750. The van der Waals surface area contributed by atoms with Gasteiger partial charge in [-0.2, -0.15) is 0 Å². The molecule has 218 valence electrons. The molecule has 2 aromatic carbocycles. The van der Waals surface area contributed by atoms with Gasteiger partial charge in [-0.05, 0) is 121 Å². The average Bonchev–Trinajstić information content (AvgIpc) is 3.83. The quantitative estimate of drug-likeness (QED) is 0.209. The molecule has 6 atom stereocenters. The average molecular weight is 570 g/mol. The minimum absolute atomic E-state index is 0.504. The van der Waals surface area contributed by atoms with E-state index in [9.17, 15) is 0 Å². The highest BCUT2D eigenvalue weighted by Gasteiger charge is 2.38. The van der Waals surface area contributed by atoms with Gasteiger partial charge in [-0.1, -0.05) is 57.2 Å². The summed E-state index contributed by atoms with van der Waals surface area (Å²) in [7, 11) is 0. The molecule has 43 heavy (non-hydrogen) atoms. The number of hydrogen-bond acceptors (Lipinski definition) is 4. The molecule has 1 saturated carbocycles. The molecule has 2 heterocycles. The van der Waals surface area contributed by atoms with Gasteiger partial charge >= 0.3 is 0 Å². The molecule has 0 saturated heterocycles. The summed E-state index contributed by atoms with van der Waals surface area (Å²) in [4.78, 5) is 0. The van der Waals surface area contributed by atoms with Crippen molar-refractivity contribution in [3.63, 3.8) is 0 Å². The van der Waals surface area contributed by atoms with E-state index in [1.165, 1.54) is 41.0 Å². The van der Waals surface area contributed by atoms with Crippen LogP contribution in [0.4, 0.5) is 0 Å². The van der Waals surface area contributed by atoms with E-state index in [-0.39, 0.29) is 0 Å². The van der Waals surface area contributed by atoms with E-state index >= 15 is 0 Å². The van der Waals surface area contributed by atoms with Gasteiger partial charge in [0.1, 0.15) is 5.75 Å². The Labute approximate surface area is 254 Å². The first kappa shape index (κ1) is 26.5. The summed E-state index contributed by atoms with van der Waals surface area (Å²) in [5.41, 5.74) is 8.57. The van der Waals surface area contributed by atoms with E-state index in [0.29, 0.717) is 29.5 Å². The number of fused-ring (bicyclic) bond motifs is 5. The zero-order chi connectivity index (χ0) is 29.1. The van der Waals surface area contributed by atoms with Crippen LogP contribution in [0.2, 0.25) is 0 Å². The Morgan fingerprint density at radius 2 is 1.67 bits per heavy atom. The molecule has 4 aliphatic carbocycles. The number of rotatable bonds is 7. The van der Waals surface area contributed by atoms with Crippen LogP contribution in [0.3, 0.4) is 0 Å². The lowest BCUT2D eigenvalue weighted by Gasteiger charge is -2.25. The van der Waals surface area contributed by atoms with E-state index in [1.807, 2.05) is 24.3 Å². The first-order valence-corrected chi connectivity index (χ1v) is 16.0. The predicted molar refractivity (Wildman–Crippen MR) is 172 cm³/mol. The smallest absolute Gasteiger partial charge is 0.248 e. The van der Waals surface area contributed by atoms with Gasteiger partial charge in [0.15, 0.2) is 0 Å². The summed E-state index contributed by atoms with van der Waals surface area (Å²) in [6.07, 6.45) is 19.0. The number of benzene rings is 2. The fourth-order valence-electron chi connectivity index (χ4n) is 7.83. The second-order valence-corrected chi connectivity index (χ2v) is 13.4. The summed E-state index contributed by atoms with van der Waals surface area (Å²) < 4.78 is 14.9. The highest BCUT2D eigenvalue weighted by molar-refractivity contribution is 5.72. The molecule has 0 radical (unpaired) electrons. The fourth-order valence-corrected chi connectivity index (χ4v) is 7.83. The van der Waals surface area contributed by atoms with Crippen LogP contribution in [0.15, 0.2) is 77.3 Å². The topological polar surface area (TPSA) is 53.1 Å². The zero-order valence-electron chi connectivity index (χ0n) is 25.2. The van der Waals surface area contributed by atoms with Gasteiger partial charge in [0.2, 0.25) is 11.8 Å². The van der Waals surface area contributed by atoms with Crippen LogP contribution < -0.4 is 4.74 Å². The Morgan fingerprint density at radius 3 is 2.47 bits per heavy atom. The van der Waals surface area contributed by atoms with Crippen LogP contribution in [0.5, 0.6) is 5.75 Å². The molecule has 5 nitrogen and oxygen atoms in total. The van der Waals surface area contributed by atoms with Gasteiger partial charge in [0.25, 0.3) is 0 Å². The summed E-state index contributed by atoms with van der Waals surface area (Å²) in [6, 6.07) is 16.6. The van der Waals surface area contributed by atoms with Crippen LogP contribution in [-0.4, -0.2) is 21.4 Å². The van der Waals surface area contributed by atoms with Crippen LogP contribution >= 0.6 is 0 Å². The number of allylic oxidation sites excluding steroid dienone is 4. The lowest BCUT2D eigenvalue weighted by molar-refractivity contribution is 0.189. The molecule has 0 amide bonds. The van der Waals surface area contributed by atoms with Crippen molar-refractivity contribution in [3.05, 3.63) is 95.3 Å². The third kappa shape index (κ3) is 4.79. The van der Waals surface area contributed by atoms with Crippen LogP contribution in [-0.2, 0) is 12.8 Å². The molecule has 4 aliphatic rings. The van der Waals surface area contributed by atoms with E-state index in [1.54, 1.807) is 0 Å². The number of ether oxygens (including phenoxy) is 1. The Balaban J connectivity index is 1.00. The fraction of sp³-hybridized carbons (Fsp3) is 0.368. The van der Waals surface area contributed by atoms with Crippen molar-refractivity contribution in [2.45, 2.75) is 46.5 Å². The van der Waals surface area contributed by atoms with Crippen molar-refractivity contribution >= 4 is 12.2 Å². The molecule has 1 fully saturated rings. The summed E-state index contributed by atoms with van der Waals surface area (Å²) in [5, 5.41) is 8.79. The van der Waals surface area contributed by atoms with E-state index in [2.05, 4.69) is 96.3 Å². The van der Waals surface area contributed by atoms with Gasteiger partial charge in [0.05, 0.1) is 6.61 Å². The minimum Gasteiger partial charge on any atom is -0.493 e. The largest absolute Gasteiger partial charge is 0.493 e. The lowest BCUT2D eigenvalue weighted by Crippen LogP contribution is -2.22. The third-order valence-electron chi connectivity index (χ3n) is 10.1. The molecular formula is C38H39N3O2. The second-order valence-electron chi connectivity index (χ2n) is 13.4. The van der Waals surface area contributed by atoms with Crippen molar-refractivity contribution in [1.82, 2.24) is 14.8 Å². The zero-order valence-corrected chi connectivity index (χ0v) is 25.2. The summed E-state index contributed by atoms with van der Waals surface area (Å²) >= 11 is 0. The lowest BCUT2D eigenvalue weighted by atomic mass is 9.83. The third-order valence-corrected chi connectivity index (χ3v) is 10.1. The van der Waals surface area contributed by atoms with Gasteiger partial charge in [-0.25, -0.2) is 0 Å². The maximum atomic E-state index is 6.26.